The highest BCUT2D eigenvalue weighted by Gasteiger charge is 2.18. The normalized spacial score (nSPS) is 12.0. The van der Waals surface area contributed by atoms with Crippen LogP contribution in [0.1, 0.15) is 11.6 Å². The first-order valence-corrected chi connectivity index (χ1v) is 7.16. The van der Waals surface area contributed by atoms with E-state index in [0.29, 0.717) is 6.54 Å². The van der Waals surface area contributed by atoms with Crippen LogP contribution in [-0.2, 0) is 0 Å². The molecule has 0 saturated heterocycles. The van der Waals surface area contributed by atoms with Gasteiger partial charge in [0.2, 0.25) is 5.82 Å². The number of pyridine rings is 1. The van der Waals surface area contributed by atoms with E-state index in [1.54, 1.807) is 13.2 Å². The van der Waals surface area contributed by atoms with Crippen molar-refractivity contribution in [2.45, 2.75) is 6.04 Å². The van der Waals surface area contributed by atoms with Crippen molar-refractivity contribution < 1.29 is 9.66 Å². The van der Waals surface area contributed by atoms with Gasteiger partial charge in [-0.05, 0) is 37.9 Å². The summed E-state index contributed by atoms with van der Waals surface area (Å²) >= 11 is 0. The largest absolute Gasteiger partial charge is 0.497 e. The number of likely N-dealkylation sites (N-methyl/N-ethyl adjacent to an activating group) is 1. The number of rotatable bonds is 7. The zero-order valence-electron chi connectivity index (χ0n) is 13.4. The molecule has 1 N–H and O–H groups in total. The Bertz CT molecular complexity index is 659. The summed E-state index contributed by atoms with van der Waals surface area (Å²) in [5.41, 5.74) is 1.06. The summed E-state index contributed by atoms with van der Waals surface area (Å²) < 4.78 is 5.17. The Hall–Kier alpha value is -2.67. The van der Waals surface area contributed by atoms with Gasteiger partial charge in [-0.1, -0.05) is 12.1 Å². The smallest absolute Gasteiger partial charge is 0.311 e. The molecule has 1 heterocycles. The lowest BCUT2D eigenvalue weighted by molar-refractivity contribution is -0.384. The van der Waals surface area contributed by atoms with Crippen LogP contribution >= 0.6 is 0 Å². The Morgan fingerprint density at radius 3 is 2.57 bits per heavy atom. The number of anilines is 1. The van der Waals surface area contributed by atoms with Crippen molar-refractivity contribution in [3.05, 3.63) is 58.3 Å². The quantitative estimate of drug-likeness (QED) is 0.625. The molecule has 7 nitrogen and oxygen atoms in total. The Balaban J connectivity index is 2.16. The van der Waals surface area contributed by atoms with Crippen LogP contribution in [0.25, 0.3) is 0 Å². The molecule has 0 spiro atoms. The van der Waals surface area contributed by atoms with Crippen molar-refractivity contribution in [3.8, 4) is 5.75 Å². The molecule has 1 aromatic heterocycles. The summed E-state index contributed by atoms with van der Waals surface area (Å²) in [5.74, 6) is 1.07. The summed E-state index contributed by atoms with van der Waals surface area (Å²) in [6.45, 7) is 0.497. The maximum atomic E-state index is 11.0. The van der Waals surface area contributed by atoms with Gasteiger partial charge in [-0.15, -0.1) is 0 Å². The minimum Gasteiger partial charge on any atom is -0.497 e. The van der Waals surface area contributed by atoms with E-state index < -0.39 is 4.92 Å². The third-order valence-corrected chi connectivity index (χ3v) is 3.57. The number of hydrogen-bond acceptors (Lipinski definition) is 6. The number of hydrogen-bond donors (Lipinski definition) is 1. The van der Waals surface area contributed by atoms with E-state index >= 15 is 0 Å². The van der Waals surface area contributed by atoms with Crippen LogP contribution in [0, 0.1) is 10.1 Å². The van der Waals surface area contributed by atoms with Crippen LogP contribution in [0.2, 0.25) is 0 Å². The number of aromatic nitrogens is 1. The van der Waals surface area contributed by atoms with Gasteiger partial charge in [0.25, 0.3) is 0 Å². The molecule has 2 aromatic rings. The Kier molecular flexibility index (Phi) is 5.48. The second-order valence-electron chi connectivity index (χ2n) is 5.26. The lowest BCUT2D eigenvalue weighted by atomic mass is 10.1. The molecule has 0 radical (unpaired) electrons. The molecule has 0 fully saturated rings. The second-order valence-corrected chi connectivity index (χ2v) is 5.26. The minimum absolute atomic E-state index is 0.0280. The first-order chi connectivity index (χ1) is 11.0. The average molecular weight is 316 g/mol. The molecular formula is C16H20N4O3. The zero-order chi connectivity index (χ0) is 16.8. The molecule has 0 aliphatic carbocycles. The SMILES string of the molecule is COc1ccc([C@@H](CNc2ncccc2[N+](=O)[O-])N(C)C)cc1. The molecule has 0 saturated carbocycles. The molecule has 0 bridgehead atoms. The van der Waals surface area contributed by atoms with Gasteiger partial charge in [0.05, 0.1) is 18.1 Å². The zero-order valence-corrected chi connectivity index (χ0v) is 13.4. The number of benzene rings is 1. The Morgan fingerprint density at radius 2 is 2.00 bits per heavy atom. The number of methoxy groups -OCH3 is 1. The molecule has 0 aliphatic rings. The van der Waals surface area contributed by atoms with Crippen LogP contribution in [0.4, 0.5) is 11.5 Å². The fraction of sp³-hybridized carbons (Fsp3) is 0.312. The van der Waals surface area contributed by atoms with Gasteiger partial charge in [-0.3, -0.25) is 10.1 Å². The maximum Gasteiger partial charge on any atom is 0.311 e. The highest BCUT2D eigenvalue weighted by Crippen LogP contribution is 2.24. The van der Waals surface area contributed by atoms with Gasteiger partial charge in [-0.2, -0.15) is 0 Å². The van der Waals surface area contributed by atoms with Gasteiger partial charge >= 0.3 is 5.69 Å². The standard InChI is InChI=1S/C16H20N4O3/c1-19(2)15(12-6-8-13(23-3)9-7-12)11-18-16-14(20(21)22)5-4-10-17-16/h4-10,15H,11H2,1-3H3,(H,17,18)/t15-/m1/s1. The first-order valence-electron chi connectivity index (χ1n) is 7.16. The number of nitro groups is 1. The van der Waals surface area contributed by atoms with Crippen molar-refractivity contribution in [2.24, 2.45) is 0 Å². The monoisotopic (exact) mass is 316 g/mol. The van der Waals surface area contributed by atoms with Crippen molar-refractivity contribution in [3.63, 3.8) is 0 Å². The van der Waals surface area contributed by atoms with E-state index in [-0.39, 0.29) is 17.5 Å². The third kappa shape index (κ3) is 4.17. The molecule has 122 valence electrons. The molecule has 0 aliphatic heterocycles. The van der Waals surface area contributed by atoms with Gasteiger partial charge in [0, 0.05) is 18.8 Å². The lowest BCUT2D eigenvalue weighted by Crippen LogP contribution is -2.27. The second kappa shape index (κ2) is 7.55. The van der Waals surface area contributed by atoms with Crippen molar-refractivity contribution in [2.75, 3.05) is 33.1 Å². The van der Waals surface area contributed by atoms with E-state index in [1.807, 2.05) is 43.3 Å². The lowest BCUT2D eigenvalue weighted by Gasteiger charge is -2.25. The number of nitrogens with zero attached hydrogens (tertiary/aromatic N) is 3. The molecule has 0 unspecified atom stereocenters. The summed E-state index contributed by atoms with van der Waals surface area (Å²) in [4.78, 5) is 16.7. The molecule has 7 heteroatoms. The van der Waals surface area contributed by atoms with Crippen LogP contribution < -0.4 is 10.1 Å². The molecule has 1 atom stereocenters. The van der Waals surface area contributed by atoms with E-state index in [2.05, 4.69) is 10.3 Å². The molecule has 2 rings (SSSR count). The van der Waals surface area contributed by atoms with E-state index in [4.69, 9.17) is 4.74 Å². The highest BCUT2D eigenvalue weighted by atomic mass is 16.6. The fourth-order valence-electron chi connectivity index (χ4n) is 2.30. The number of ether oxygens (including phenoxy) is 1. The fourth-order valence-corrected chi connectivity index (χ4v) is 2.30. The van der Waals surface area contributed by atoms with Gasteiger partial charge < -0.3 is 15.0 Å². The predicted octanol–water partition coefficient (Wildman–Crippen LogP) is 2.71. The molecule has 0 amide bonds. The predicted molar refractivity (Wildman–Crippen MR) is 88.8 cm³/mol. The van der Waals surface area contributed by atoms with Crippen molar-refractivity contribution in [1.82, 2.24) is 9.88 Å². The number of nitrogens with one attached hydrogen (secondary N) is 1. The van der Waals surface area contributed by atoms with Gasteiger partial charge in [0.15, 0.2) is 0 Å². The summed E-state index contributed by atoms with van der Waals surface area (Å²) in [7, 11) is 5.55. The molecule has 1 aromatic carbocycles. The van der Waals surface area contributed by atoms with E-state index in [9.17, 15) is 10.1 Å². The van der Waals surface area contributed by atoms with E-state index in [0.717, 1.165) is 11.3 Å². The van der Waals surface area contributed by atoms with Crippen LogP contribution in [0.15, 0.2) is 42.6 Å². The minimum atomic E-state index is -0.437. The summed E-state index contributed by atoms with van der Waals surface area (Å²) in [6.07, 6.45) is 1.54. The van der Waals surface area contributed by atoms with Gasteiger partial charge in [-0.25, -0.2) is 4.98 Å². The van der Waals surface area contributed by atoms with E-state index in [1.165, 1.54) is 12.3 Å². The molecule has 23 heavy (non-hydrogen) atoms. The topological polar surface area (TPSA) is 80.5 Å². The van der Waals surface area contributed by atoms with Crippen LogP contribution in [-0.4, -0.2) is 42.6 Å². The summed E-state index contributed by atoms with van der Waals surface area (Å²) in [5, 5.41) is 14.1. The maximum absolute atomic E-state index is 11.0. The summed E-state index contributed by atoms with van der Waals surface area (Å²) in [6, 6.07) is 10.8. The van der Waals surface area contributed by atoms with Crippen molar-refractivity contribution in [1.29, 1.82) is 0 Å². The van der Waals surface area contributed by atoms with Crippen molar-refractivity contribution >= 4 is 11.5 Å². The Labute approximate surface area is 135 Å². The third-order valence-electron chi connectivity index (χ3n) is 3.57. The average Bonchev–Trinajstić information content (AvgIpc) is 2.55. The Morgan fingerprint density at radius 1 is 1.30 bits per heavy atom. The van der Waals surface area contributed by atoms with Gasteiger partial charge in [0.1, 0.15) is 5.75 Å². The van der Waals surface area contributed by atoms with Crippen LogP contribution in [0.3, 0.4) is 0 Å². The first kappa shape index (κ1) is 16.7. The van der Waals surface area contributed by atoms with Crippen LogP contribution in [0.5, 0.6) is 5.75 Å². The highest BCUT2D eigenvalue weighted by molar-refractivity contribution is 5.55. The molecular weight excluding hydrogens is 296 g/mol.